The third-order valence-electron chi connectivity index (χ3n) is 2.62. The van der Waals surface area contributed by atoms with Gasteiger partial charge < -0.3 is 0 Å². The molecular weight excluding hydrogens is 320 g/mol. The van der Waals surface area contributed by atoms with E-state index >= 15 is 0 Å². The number of allylic oxidation sites excluding steroid dienone is 1. The Morgan fingerprint density at radius 1 is 1.10 bits per heavy atom. The maximum Gasteiger partial charge on any atom is 0.149 e. The molecule has 2 aromatic carbocycles. The third-order valence-corrected chi connectivity index (χ3v) is 3.46. The molecule has 0 spiro atoms. The van der Waals surface area contributed by atoms with E-state index in [1.165, 1.54) is 24.3 Å². The highest BCUT2D eigenvalue weighted by Crippen LogP contribution is 2.29. The molecule has 100 valence electrons. The van der Waals surface area contributed by atoms with Gasteiger partial charge in [-0.25, -0.2) is 4.39 Å². The van der Waals surface area contributed by atoms with Gasteiger partial charge in [-0.05, 0) is 24.3 Å². The molecule has 0 aromatic heterocycles. The van der Waals surface area contributed by atoms with Crippen LogP contribution in [-0.2, 0) is 0 Å². The van der Waals surface area contributed by atoms with Crippen LogP contribution in [0.5, 0.6) is 0 Å². The lowest BCUT2D eigenvalue weighted by atomic mass is 10.0. The minimum Gasteiger partial charge on any atom is -0.205 e. The summed E-state index contributed by atoms with van der Waals surface area (Å²) in [5, 5.41) is 10.0. The van der Waals surface area contributed by atoms with Gasteiger partial charge in [-0.1, -0.05) is 53.0 Å². The van der Waals surface area contributed by atoms with E-state index in [2.05, 4.69) is 0 Å². The number of rotatable bonds is 2. The number of nitrogens with zero attached hydrogens (tertiary/aromatic N) is 1. The van der Waals surface area contributed by atoms with Crippen LogP contribution >= 0.6 is 34.8 Å². The van der Waals surface area contributed by atoms with Crippen molar-refractivity contribution in [3.63, 3.8) is 0 Å². The van der Waals surface area contributed by atoms with Gasteiger partial charge in [0.15, 0.2) is 0 Å². The number of hydrogen-bond donors (Lipinski definition) is 0. The number of benzene rings is 2. The third kappa shape index (κ3) is 3.13. The summed E-state index contributed by atoms with van der Waals surface area (Å²) in [6, 6.07) is 11.3. The van der Waals surface area contributed by atoms with E-state index in [0.29, 0.717) is 15.6 Å². The molecule has 0 N–H and O–H groups in total. The maximum absolute atomic E-state index is 13.8. The fourth-order valence-electron chi connectivity index (χ4n) is 1.67. The van der Waals surface area contributed by atoms with E-state index in [0.717, 1.165) is 0 Å². The van der Waals surface area contributed by atoms with Crippen LogP contribution in [0.25, 0.3) is 11.6 Å². The standard InChI is InChI=1S/C15H7Cl3FN/c16-11-4-5-12(14(18)7-11)10(8-20)6-9-2-1-3-13(17)15(9)19/h1-7H. The van der Waals surface area contributed by atoms with Crippen LogP contribution in [0.4, 0.5) is 4.39 Å². The normalized spacial score (nSPS) is 11.2. The van der Waals surface area contributed by atoms with Crippen molar-refractivity contribution < 1.29 is 4.39 Å². The van der Waals surface area contributed by atoms with Crippen LogP contribution < -0.4 is 0 Å². The smallest absolute Gasteiger partial charge is 0.149 e. The first kappa shape index (κ1) is 14.9. The topological polar surface area (TPSA) is 23.8 Å². The van der Waals surface area contributed by atoms with E-state index in [-0.39, 0.29) is 16.2 Å². The summed E-state index contributed by atoms with van der Waals surface area (Å²) in [5.74, 6) is -0.577. The van der Waals surface area contributed by atoms with Gasteiger partial charge in [0.1, 0.15) is 5.82 Å². The first-order valence-corrected chi connectivity index (χ1v) is 6.67. The molecule has 20 heavy (non-hydrogen) atoms. The average Bonchev–Trinajstić information content (AvgIpc) is 2.41. The summed E-state index contributed by atoms with van der Waals surface area (Å²) in [6.07, 6.45) is 1.40. The molecule has 0 atom stereocenters. The highest BCUT2D eigenvalue weighted by molar-refractivity contribution is 6.36. The minimum absolute atomic E-state index is 0.00163. The molecule has 1 nitrogen and oxygen atoms in total. The van der Waals surface area contributed by atoms with E-state index in [1.807, 2.05) is 6.07 Å². The zero-order valence-electron chi connectivity index (χ0n) is 10.0. The van der Waals surface area contributed by atoms with Gasteiger partial charge in [0.2, 0.25) is 0 Å². The van der Waals surface area contributed by atoms with E-state index in [9.17, 15) is 9.65 Å². The summed E-state index contributed by atoms with van der Waals surface area (Å²) in [6.45, 7) is 0. The fourth-order valence-corrected chi connectivity index (χ4v) is 2.36. The lowest BCUT2D eigenvalue weighted by Gasteiger charge is -2.04. The predicted molar refractivity (Wildman–Crippen MR) is 81.4 cm³/mol. The predicted octanol–water partition coefficient (Wildman–Crippen LogP) is 5.85. The molecule has 0 amide bonds. The van der Waals surface area contributed by atoms with Crippen molar-refractivity contribution in [1.29, 1.82) is 5.26 Å². The highest BCUT2D eigenvalue weighted by atomic mass is 35.5. The zero-order chi connectivity index (χ0) is 14.7. The van der Waals surface area contributed by atoms with Gasteiger partial charge in [0.05, 0.1) is 21.7 Å². The van der Waals surface area contributed by atoms with Gasteiger partial charge in [-0.2, -0.15) is 5.26 Å². The van der Waals surface area contributed by atoms with Gasteiger partial charge in [-0.3, -0.25) is 0 Å². The van der Waals surface area contributed by atoms with Crippen LogP contribution in [0.15, 0.2) is 36.4 Å². The first-order valence-electron chi connectivity index (χ1n) is 5.54. The van der Waals surface area contributed by atoms with Gasteiger partial charge in [-0.15, -0.1) is 0 Å². The molecule has 2 aromatic rings. The zero-order valence-corrected chi connectivity index (χ0v) is 12.3. The second-order valence-corrected chi connectivity index (χ2v) is 5.19. The monoisotopic (exact) mass is 325 g/mol. The molecule has 0 aliphatic rings. The Kier molecular flexibility index (Phi) is 4.67. The Hall–Kier alpha value is -1.53. The van der Waals surface area contributed by atoms with E-state index in [4.69, 9.17) is 34.8 Å². The van der Waals surface area contributed by atoms with E-state index in [1.54, 1.807) is 18.2 Å². The summed E-state index contributed by atoms with van der Waals surface area (Å²) >= 11 is 17.6. The number of nitriles is 1. The van der Waals surface area contributed by atoms with E-state index < -0.39 is 5.82 Å². The Morgan fingerprint density at radius 2 is 1.85 bits per heavy atom. The average molecular weight is 327 g/mol. The molecule has 0 saturated carbocycles. The molecule has 0 heterocycles. The molecule has 0 unspecified atom stereocenters. The van der Waals surface area contributed by atoms with Crippen LogP contribution in [0, 0.1) is 17.1 Å². The van der Waals surface area contributed by atoms with Gasteiger partial charge >= 0.3 is 0 Å². The van der Waals surface area contributed by atoms with Gasteiger partial charge in [0.25, 0.3) is 0 Å². The Balaban J connectivity index is 2.55. The van der Waals surface area contributed by atoms with Crippen molar-refractivity contribution in [3.8, 4) is 6.07 Å². The molecule has 0 aliphatic carbocycles. The largest absolute Gasteiger partial charge is 0.205 e. The number of halogens is 4. The summed E-state index contributed by atoms with van der Waals surface area (Å²) < 4.78 is 13.8. The minimum atomic E-state index is -0.577. The molecule has 0 bridgehead atoms. The summed E-state index contributed by atoms with van der Waals surface area (Å²) in [7, 11) is 0. The molecule has 5 heteroatoms. The quantitative estimate of drug-likeness (QED) is 0.501. The van der Waals surface area contributed by atoms with Crippen LogP contribution in [0.1, 0.15) is 11.1 Å². The molecule has 2 rings (SSSR count). The SMILES string of the molecule is N#CC(=Cc1cccc(Cl)c1F)c1ccc(Cl)cc1Cl. The lowest BCUT2D eigenvalue weighted by molar-refractivity contribution is 0.625. The van der Waals surface area contributed by atoms with Gasteiger partial charge in [0, 0.05) is 16.1 Å². The van der Waals surface area contributed by atoms with Crippen LogP contribution in [-0.4, -0.2) is 0 Å². The van der Waals surface area contributed by atoms with Crippen LogP contribution in [0.2, 0.25) is 15.1 Å². The lowest BCUT2D eigenvalue weighted by Crippen LogP contribution is -1.87. The number of hydrogen-bond acceptors (Lipinski definition) is 1. The Labute approximate surface area is 130 Å². The summed E-state index contributed by atoms with van der Waals surface area (Å²) in [5.41, 5.74) is 0.936. The second-order valence-electron chi connectivity index (χ2n) is 3.94. The van der Waals surface area contributed by atoms with Crippen molar-refractivity contribution in [3.05, 3.63) is 68.4 Å². The molecular formula is C15H7Cl3FN. The van der Waals surface area contributed by atoms with Crippen LogP contribution in [0.3, 0.4) is 0 Å². The molecule has 0 fully saturated rings. The van der Waals surface area contributed by atoms with Crippen molar-refractivity contribution in [2.45, 2.75) is 0 Å². The van der Waals surface area contributed by atoms with Crippen molar-refractivity contribution >= 4 is 46.5 Å². The van der Waals surface area contributed by atoms with Crippen molar-refractivity contribution in [2.24, 2.45) is 0 Å². The molecule has 0 aliphatic heterocycles. The fraction of sp³-hybridized carbons (Fsp3) is 0. The van der Waals surface area contributed by atoms with Crippen molar-refractivity contribution in [1.82, 2.24) is 0 Å². The first-order chi connectivity index (χ1) is 9.52. The highest BCUT2D eigenvalue weighted by Gasteiger charge is 2.10. The summed E-state index contributed by atoms with van der Waals surface area (Å²) in [4.78, 5) is 0. The Morgan fingerprint density at radius 3 is 2.50 bits per heavy atom. The Bertz CT molecular complexity index is 732. The molecule has 0 radical (unpaired) electrons. The maximum atomic E-state index is 13.8. The molecule has 0 saturated heterocycles. The van der Waals surface area contributed by atoms with Crippen molar-refractivity contribution in [2.75, 3.05) is 0 Å². The second kappa shape index (κ2) is 6.28.